The molecule has 5 rings (SSSR count). The highest BCUT2D eigenvalue weighted by atomic mass is 16.5. The summed E-state index contributed by atoms with van der Waals surface area (Å²) in [5.41, 5.74) is 2.19. The van der Waals surface area contributed by atoms with E-state index in [4.69, 9.17) is 4.74 Å². The number of rotatable bonds is 4. The standard InChI is InChI=1S/C21H23NO3/c1-2-25-20-12-14(8-11-18(20)23)21-17-10-9-16(13-19(17)24)22(21)15-6-4-3-5-7-15/h3-8,11-12,16-17,21,23H,2,9-10,13H2,1H3. The first-order chi connectivity index (χ1) is 12.2. The quantitative estimate of drug-likeness (QED) is 0.913. The van der Waals surface area contributed by atoms with Gasteiger partial charge in [-0.05, 0) is 49.6 Å². The van der Waals surface area contributed by atoms with E-state index in [9.17, 15) is 9.90 Å². The van der Waals surface area contributed by atoms with E-state index in [0.717, 1.165) is 24.1 Å². The molecule has 3 atom stereocenters. The third kappa shape index (κ3) is 2.76. The van der Waals surface area contributed by atoms with Crippen molar-refractivity contribution >= 4 is 11.5 Å². The summed E-state index contributed by atoms with van der Waals surface area (Å²) in [5.74, 6) is 0.995. The first-order valence-corrected chi connectivity index (χ1v) is 9.01. The number of para-hydroxylation sites is 1. The second kappa shape index (κ2) is 6.43. The van der Waals surface area contributed by atoms with Gasteiger partial charge in [0.15, 0.2) is 11.5 Å². The number of carbonyl (C=O) groups excluding carboxylic acids is 1. The van der Waals surface area contributed by atoms with Gasteiger partial charge in [0.1, 0.15) is 5.78 Å². The number of carbonyl (C=O) groups is 1. The number of fused-ring (bicyclic) bond motifs is 3. The number of hydrogen-bond acceptors (Lipinski definition) is 4. The van der Waals surface area contributed by atoms with Crippen LogP contribution in [0.2, 0.25) is 0 Å². The Morgan fingerprint density at radius 1 is 1.16 bits per heavy atom. The molecule has 1 saturated carbocycles. The number of phenols is 1. The van der Waals surface area contributed by atoms with Gasteiger partial charge in [0.05, 0.1) is 12.6 Å². The van der Waals surface area contributed by atoms with Gasteiger partial charge in [-0.3, -0.25) is 4.79 Å². The summed E-state index contributed by atoms with van der Waals surface area (Å²) in [6.07, 6.45) is 2.62. The summed E-state index contributed by atoms with van der Waals surface area (Å²) in [5, 5.41) is 10.0. The van der Waals surface area contributed by atoms with Crippen LogP contribution in [0.15, 0.2) is 48.5 Å². The van der Waals surface area contributed by atoms with Gasteiger partial charge in [0.25, 0.3) is 0 Å². The molecule has 0 radical (unpaired) electrons. The van der Waals surface area contributed by atoms with Gasteiger partial charge in [-0.25, -0.2) is 0 Å². The van der Waals surface area contributed by atoms with Crippen LogP contribution in [0.3, 0.4) is 0 Å². The van der Waals surface area contributed by atoms with Gasteiger partial charge in [-0.1, -0.05) is 24.3 Å². The molecule has 130 valence electrons. The highest BCUT2D eigenvalue weighted by Crippen LogP contribution is 2.48. The van der Waals surface area contributed by atoms with Crippen LogP contribution in [0.4, 0.5) is 5.69 Å². The maximum Gasteiger partial charge on any atom is 0.161 e. The number of phenolic OH excluding ortho intramolecular Hbond substituents is 1. The number of nitrogens with zero attached hydrogens (tertiary/aromatic N) is 1. The number of anilines is 1. The predicted molar refractivity (Wildman–Crippen MR) is 97.1 cm³/mol. The number of benzene rings is 2. The van der Waals surface area contributed by atoms with E-state index < -0.39 is 0 Å². The normalized spacial score (nSPS) is 25.2. The van der Waals surface area contributed by atoms with Crippen LogP contribution in [-0.2, 0) is 4.79 Å². The molecule has 2 heterocycles. The maximum absolute atomic E-state index is 12.6. The van der Waals surface area contributed by atoms with Crippen LogP contribution in [0, 0.1) is 5.92 Å². The molecule has 2 aromatic carbocycles. The van der Waals surface area contributed by atoms with Gasteiger partial charge in [-0.2, -0.15) is 0 Å². The summed E-state index contributed by atoms with van der Waals surface area (Å²) < 4.78 is 5.56. The zero-order valence-electron chi connectivity index (χ0n) is 14.4. The minimum atomic E-state index is 0.00204. The van der Waals surface area contributed by atoms with E-state index in [1.54, 1.807) is 6.07 Å². The summed E-state index contributed by atoms with van der Waals surface area (Å²) in [7, 11) is 0. The summed E-state index contributed by atoms with van der Waals surface area (Å²) >= 11 is 0. The van der Waals surface area contributed by atoms with E-state index in [2.05, 4.69) is 17.0 Å². The fourth-order valence-corrected chi connectivity index (χ4v) is 4.36. The predicted octanol–water partition coefficient (Wildman–Crippen LogP) is 4.09. The molecule has 2 bridgehead atoms. The molecule has 4 heteroatoms. The lowest BCUT2D eigenvalue weighted by molar-refractivity contribution is -0.128. The van der Waals surface area contributed by atoms with Crippen molar-refractivity contribution in [2.24, 2.45) is 5.92 Å². The number of ether oxygens (including phenoxy) is 1. The lowest BCUT2D eigenvalue weighted by Crippen LogP contribution is -2.54. The Morgan fingerprint density at radius 2 is 1.96 bits per heavy atom. The highest BCUT2D eigenvalue weighted by molar-refractivity contribution is 5.86. The fraction of sp³-hybridized carbons (Fsp3) is 0.381. The zero-order chi connectivity index (χ0) is 17.4. The molecule has 1 aliphatic carbocycles. The van der Waals surface area contributed by atoms with Crippen molar-refractivity contribution in [3.63, 3.8) is 0 Å². The maximum atomic E-state index is 12.6. The van der Waals surface area contributed by atoms with Gasteiger partial charge in [0.2, 0.25) is 0 Å². The lowest BCUT2D eigenvalue weighted by Gasteiger charge is -2.52. The average Bonchev–Trinajstić information content (AvgIpc) is 2.64. The largest absolute Gasteiger partial charge is 0.504 e. The van der Waals surface area contributed by atoms with Gasteiger partial charge in [-0.15, -0.1) is 0 Å². The van der Waals surface area contributed by atoms with Crippen LogP contribution in [0.5, 0.6) is 11.5 Å². The molecule has 25 heavy (non-hydrogen) atoms. The van der Waals surface area contributed by atoms with Gasteiger partial charge in [0, 0.05) is 24.1 Å². The zero-order valence-corrected chi connectivity index (χ0v) is 14.4. The van der Waals surface area contributed by atoms with Crippen LogP contribution in [0.25, 0.3) is 0 Å². The smallest absolute Gasteiger partial charge is 0.161 e. The first-order valence-electron chi connectivity index (χ1n) is 9.01. The van der Waals surface area contributed by atoms with E-state index in [1.807, 2.05) is 37.3 Å². The number of piperidine rings is 2. The van der Waals surface area contributed by atoms with Crippen molar-refractivity contribution in [1.29, 1.82) is 0 Å². The fourth-order valence-electron chi connectivity index (χ4n) is 4.36. The van der Waals surface area contributed by atoms with Crippen LogP contribution >= 0.6 is 0 Å². The molecule has 2 aliphatic heterocycles. The number of Topliss-reactive ketones (excluding diaryl/α,β-unsaturated/α-hetero) is 1. The van der Waals surface area contributed by atoms with Crippen molar-refractivity contribution < 1.29 is 14.6 Å². The molecule has 3 fully saturated rings. The van der Waals surface area contributed by atoms with Gasteiger partial charge < -0.3 is 14.7 Å². The lowest BCUT2D eigenvalue weighted by atomic mass is 9.71. The van der Waals surface area contributed by atoms with Crippen molar-refractivity contribution in [3.8, 4) is 11.5 Å². The minimum absolute atomic E-state index is 0.00204. The molecule has 2 aromatic rings. The Labute approximate surface area is 148 Å². The molecule has 2 saturated heterocycles. The van der Waals surface area contributed by atoms with E-state index in [0.29, 0.717) is 24.6 Å². The number of ketones is 1. The third-order valence-corrected chi connectivity index (χ3v) is 5.42. The molecule has 0 spiro atoms. The Kier molecular flexibility index (Phi) is 4.12. The second-order valence-electron chi connectivity index (χ2n) is 6.86. The monoisotopic (exact) mass is 337 g/mol. The Balaban J connectivity index is 1.79. The first kappa shape index (κ1) is 16.0. The summed E-state index contributed by atoms with van der Waals surface area (Å²) in [4.78, 5) is 15.0. The molecular weight excluding hydrogens is 314 g/mol. The molecule has 0 aromatic heterocycles. The Morgan fingerprint density at radius 3 is 2.68 bits per heavy atom. The Hall–Kier alpha value is -2.49. The summed E-state index contributed by atoms with van der Waals surface area (Å²) in [6, 6.07) is 16.1. The van der Waals surface area contributed by atoms with Crippen LogP contribution in [0.1, 0.15) is 37.8 Å². The van der Waals surface area contributed by atoms with Crippen molar-refractivity contribution in [1.82, 2.24) is 0 Å². The number of aromatic hydroxyl groups is 1. The van der Waals surface area contributed by atoms with E-state index >= 15 is 0 Å². The highest BCUT2D eigenvalue weighted by Gasteiger charge is 2.47. The van der Waals surface area contributed by atoms with E-state index in [1.165, 1.54) is 0 Å². The van der Waals surface area contributed by atoms with Gasteiger partial charge >= 0.3 is 0 Å². The van der Waals surface area contributed by atoms with E-state index in [-0.39, 0.29) is 23.8 Å². The molecule has 0 amide bonds. The SMILES string of the molecule is CCOc1cc(C2C3CCC(CC3=O)N2c2ccccc2)ccc1O. The van der Waals surface area contributed by atoms with Crippen LogP contribution in [-0.4, -0.2) is 23.5 Å². The molecule has 4 nitrogen and oxygen atoms in total. The van der Waals surface area contributed by atoms with Crippen molar-refractivity contribution in [3.05, 3.63) is 54.1 Å². The second-order valence-corrected chi connectivity index (χ2v) is 6.86. The molecular formula is C21H23NO3. The van der Waals surface area contributed by atoms with Crippen LogP contribution < -0.4 is 9.64 Å². The molecule has 3 unspecified atom stereocenters. The number of hydrogen-bond donors (Lipinski definition) is 1. The molecule has 3 aliphatic rings. The summed E-state index contributed by atoms with van der Waals surface area (Å²) in [6.45, 7) is 2.39. The van der Waals surface area contributed by atoms with Crippen molar-refractivity contribution in [2.45, 2.75) is 38.3 Å². The Bertz CT molecular complexity index is 774. The third-order valence-electron chi connectivity index (χ3n) is 5.42. The molecule has 1 N–H and O–H groups in total. The average molecular weight is 337 g/mol. The van der Waals surface area contributed by atoms with Crippen molar-refractivity contribution in [2.75, 3.05) is 11.5 Å². The minimum Gasteiger partial charge on any atom is -0.504 e. The topological polar surface area (TPSA) is 49.8 Å².